The third-order valence-electron chi connectivity index (χ3n) is 6.75. The zero-order valence-corrected chi connectivity index (χ0v) is 17.3. The van der Waals surface area contributed by atoms with Crippen LogP contribution in [0, 0.1) is 5.41 Å². The van der Waals surface area contributed by atoms with Gasteiger partial charge in [-0.3, -0.25) is 19.5 Å². The third kappa shape index (κ3) is 2.76. The Kier molecular flexibility index (Phi) is 4.44. The average Bonchev–Trinajstić information content (AvgIpc) is 3.08. The second-order valence-corrected chi connectivity index (χ2v) is 8.56. The van der Waals surface area contributed by atoms with E-state index < -0.39 is 5.41 Å². The first kappa shape index (κ1) is 18.9. The van der Waals surface area contributed by atoms with E-state index in [1.165, 1.54) is 5.56 Å². The van der Waals surface area contributed by atoms with Gasteiger partial charge in [-0.05, 0) is 37.6 Å². The number of para-hydroxylation sites is 1. The van der Waals surface area contributed by atoms with Crippen molar-refractivity contribution in [3.63, 3.8) is 0 Å². The zero-order chi connectivity index (χ0) is 20.9. The highest BCUT2D eigenvalue weighted by atomic mass is 16.2. The van der Waals surface area contributed by atoms with Gasteiger partial charge in [0.05, 0.1) is 22.5 Å². The van der Waals surface area contributed by atoms with E-state index in [0.29, 0.717) is 30.8 Å². The molecule has 2 atom stereocenters. The normalized spacial score (nSPS) is 24.1. The fourth-order valence-corrected chi connectivity index (χ4v) is 5.24. The standard InChI is InChI=1S/C25H25N3O2/c1-3-28-22-15-27(14-17-12-13-26-21-11-7-6-8-18(17)21)16-25(22,2)23(29)19-9-4-5-10-20(19)24(28)30/h4-13,22H,3,14-16H2,1-2H3/t22-,25+/m1/s1. The molecule has 2 aliphatic heterocycles. The number of likely N-dealkylation sites (tertiary alicyclic amines) is 1. The molecule has 0 saturated carbocycles. The van der Waals surface area contributed by atoms with Crippen molar-refractivity contribution < 1.29 is 9.59 Å². The lowest BCUT2D eigenvalue weighted by atomic mass is 9.78. The number of amides is 1. The number of rotatable bonds is 3. The number of Topliss-reactive ketones (excluding diaryl/α,β-unsaturated/α-hetero) is 1. The van der Waals surface area contributed by atoms with Crippen molar-refractivity contribution in [1.29, 1.82) is 0 Å². The van der Waals surface area contributed by atoms with E-state index in [-0.39, 0.29) is 17.7 Å². The van der Waals surface area contributed by atoms with Crippen molar-refractivity contribution in [1.82, 2.24) is 14.8 Å². The number of hydrogen-bond donors (Lipinski definition) is 0. The third-order valence-corrected chi connectivity index (χ3v) is 6.75. The van der Waals surface area contributed by atoms with Crippen LogP contribution in [-0.2, 0) is 6.54 Å². The fourth-order valence-electron chi connectivity index (χ4n) is 5.24. The monoisotopic (exact) mass is 399 g/mol. The summed E-state index contributed by atoms with van der Waals surface area (Å²) in [6.45, 7) is 6.67. The number of hydrogen-bond acceptors (Lipinski definition) is 4. The van der Waals surface area contributed by atoms with Crippen LogP contribution < -0.4 is 0 Å². The highest BCUT2D eigenvalue weighted by Gasteiger charge is 2.54. The summed E-state index contributed by atoms with van der Waals surface area (Å²) in [5.41, 5.74) is 2.64. The van der Waals surface area contributed by atoms with Crippen molar-refractivity contribution in [3.8, 4) is 0 Å². The molecule has 1 aromatic heterocycles. The van der Waals surface area contributed by atoms with Gasteiger partial charge in [-0.25, -0.2) is 0 Å². The quantitative estimate of drug-likeness (QED) is 0.673. The molecule has 1 amide bonds. The predicted octanol–water partition coefficient (Wildman–Crippen LogP) is 3.78. The minimum atomic E-state index is -0.624. The summed E-state index contributed by atoms with van der Waals surface area (Å²) >= 11 is 0. The fraction of sp³-hybridized carbons (Fsp3) is 0.320. The van der Waals surface area contributed by atoms with Crippen LogP contribution in [0.1, 0.15) is 40.1 Å². The van der Waals surface area contributed by atoms with Crippen molar-refractivity contribution >= 4 is 22.6 Å². The number of fused-ring (bicyclic) bond motifs is 3. The van der Waals surface area contributed by atoms with Crippen LogP contribution in [-0.4, -0.2) is 52.2 Å². The van der Waals surface area contributed by atoms with Crippen molar-refractivity contribution in [2.75, 3.05) is 19.6 Å². The highest BCUT2D eigenvalue weighted by molar-refractivity contribution is 6.12. The molecule has 2 aromatic carbocycles. The summed E-state index contributed by atoms with van der Waals surface area (Å²) < 4.78 is 0. The number of carbonyl (C=O) groups is 2. The maximum atomic E-state index is 13.6. The van der Waals surface area contributed by atoms with E-state index in [1.807, 2.05) is 55.3 Å². The number of pyridine rings is 1. The lowest BCUT2D eigenvalue weighted by molar-refractivity contribution is 0.0560. The molecule has 0 spiro atoms. The van der Waals surface area contributed by atoms with Gasteiger partial charge in [-0.2, -0.15) is 0 Å². The van der Waals surface area contributed by atoms with Crippen LogP contribution in [0.5, 0.6) is 0 Å². The molecule has 152 valence electrons. The molecule has 5 rings (SSSR count). The minimum Gasteiger partial charge on any atom is -0.334 e. The van der Waals surface area contributed by atoms with Crippen LogP contribution in [0.25, 0.3) is 10.9 Å². The topological polar surface area (TPSA) is 53.5 Å². The Morgan fingerprint density at radius 2 is 1.77 bits per heavy atom. The number of carbonyl (C=O) groups excluding carboxylic acids is 2. The minimum absolute atomic E-state index is 0.0358. The van der Waals surface area contributed by atoms with Crippen molar-refractivity contribution in [2.24, 2.45) is 5.41 Å². The first-order valence-corrected chi connectivity index (χ1v) is 10.5. The van der Waals surface area contributed by atoms with Crippen LogP contribution in [0.4, 0.5) is 0 Å². The summed E-state index contributed by atoms with van der Waals surface area (Å²) in [5, 5.41) is 1.14. The Balaban J connectivity index is 1.53. The molecule has 30 heavy (non-hydrogen) atoms. The molecule has 3 heterocycles. The van der Waals surface area contributed by atoms with E-state index >= 15 is 0 Å². The van der Waals surface area contributed by atoms with Crippen molar-refractivity contribution in [3.05, 3.63) is 77.5 Å². The summed E-state index contributed by atoms with van der Waals surface area (Å²) in [4.78, 5) is 35.6. The van der Waals surface area contributed by atoms with E-state index in [9.17, 15) is 9.59 Å². The van der Waals surface area contributed by atoms with Crippen LogP contribution >= 0.6 is 0 Å². The number of aromatic nitrogens is 1. The summed E-state index contributed by atoms with van der Waals surface area (Å²) in [5.74, 6) is 0.0425. The van der Waals surface area contributed by atoms with Crippen LogP contribution in [0.15, 0.2) is 60.8 Å². The lowest BCUT2D eigenvalue weighted by Crippen LogP contribution is -2.49. The Hall–Kier alpha value is -3.05. The first-order chi connectivity index (χ1) is 14.5. The number of benzene rings is 2. The van der Waals surface area contributed by atoms with Gasteiger partial charge in [-0.1, -0.05) is 36.4 Å². The Morgan fingerprint density at radius 3 is 2.57 bits per heavy atom. The number of ketones is 1. The molecule has 1 fully saturated rings. The second-order valence-electron chi connectivity index (χ2n) is 8.56. The van der Waals surface area contributed by atoms with Gasteiger partial charge >= 0.3 is 0 Å². The summed E-state index contributed by atoms with van der Waals surface area (Å²) in [6, 6.07) is 17.3. The van der Waals surface area contributed by atoms with Gasteiger partial charge in [0, 0.05) is 43.3 Å². The summed E-state index contributed by atoms with van der Waals surface area (Å²) in [7, 11) is 0. The van der Waals surface area contributed by atoms with Gasteiger partial charge < -0.3 is 4.90 Å². The molecular weight excluding hydrogens is 374 g/mol. The Labute approximate surface area is 176 Å². The van der Waals surface area contributed by atoms with Crippen molar-refractivity contribution in [2.45, 2.75) is 26.4 Å². The maximum absolute atomic E-state index is 13.6. The van der Waals surface area contributed by atoms with E-state index in [4.69, 9.17) is 0 Å². The van der Waals surface area contributed by atoms with E-state index in [1.54, 1.807) is 12.1 Å². The van der Waals surface area contributed by atoms with Crippen LogP contribution in [0.3, 0.4) is 0 Å². The van der Waals surface area contributed by atoms with Crippen LogP contribution in [0.2, 0.25) is 0 Å². The SMILES string of the molecule is CCN1C(=O)c2ccccc2C(=O)[C@@]2(C)CN(Cc3ccnc4ccccc34)C[C@@H]12. The average molecular weight is 399 g/mol. The predicted molar refractivity (Wildman–Crippen MR) is 116 cm³/mol. The van der Waals surface area contributed by atoms with Gasteiger partial charge in [-0.15, -0.1) is 0 Å². The smallest absolute Gasteiger partial charge is 0.254 e. The maximum Gasteiger partial charge on any atom is 0.254 e. The molecule has 0 bridgehead atoms. The molecule has 5 nitrogen and oxygen atoms in total. The highest BCUT2D eigenvalue weighted by Crippen LogP contribution is 2.41. The van der Waals surface area contributed by atoms with E-state index in [2.05, 4.69) is 22.0 Å². The molecular formula is C25H25N3O2. The Morgan fingerprint density at radius 1 is 1.03 bits per heavy atom. The molecule has 0 radical (unpaired) electrons. The van der Waals surface area contributed by atoms with Gasteiger partial charge in [0.1, 0.15) is 0 Å². The molecule has 5 heteroatoms. The molecule has 0 unspecified atom stereocenters. The molecule has 0 aliphatic carbocycles. The van der Waals surface area contributed by atoms with Gasteiger partial charge in [0.15, 0.2) is 5.78 Å². The molecule has 2 aliphatic rings. The Bertz CT molecular complexity index is 1150. The number of likely N-dealkylation sites (N-methyl/N-ethyl adjacent to an activating group) is 1. The second kappa shape index (κ2) is 7.03. The number of nitrogens with zero attached hydrogens (tertiary/aromatic N) is 3. The lowest BCUT2D eigenvalue weighted by Gasteiger charge is -2.34. The zero-order valence-electron chi connectivity index (χ0n) is 17.3. The molecule has 3 aromatic rings. The van der Waals surface area contributed by atoms with Gasteiger partial charge in [0.2, 0.25) is 0 Å². The molecule has 1 saturated heterocycles. The van der Waals surface area contributed by atoms with Gasteiger partial charge in [0.25, 0.3) is 5.91 Å². The summed E-state index contributed by atoms with van der Waals surface area (Å²) in [6.07, 6.45) is 1.84. The van der Waals surface area contributed by atoms with E-state index in [0.717, 1.165) is 17.4 Å². The largest absolute Gasteiger partial charge is 0.334 e. The first-order valence-electron chi connectivity index (χ1n) is 10.5. The molecule has 0 N–H and O–H groups in total.